The second-order valence-electron chi connectivity index (χ2n) is 5.48. The van der Waals surface area contributed by atoms with Gasteiger partial charge in [0.05, 0.1) is 6.04 Å². The maximum Gasteiger partial charge on any atom is 0.237 e. The minimum Gasteiger partial charge on any atom is -0.351 e. The van der Waals surface area contributed by atoms with Crippen LogP contribution in [0.5, 0.6) is 0 Å². The van der Waals surface area contributed by atoms with Crippen LogP contribution in [-0.4, -0.2) is 18.0 Å². The molecule has 0 aliphatic heterocycles. The summed E-state index contributed by atoms with van der Waals surface area (Å²) in [6.45, 7) is 3.99. The molecule has 0 aromatic carbocycles. The summed E-state index contributed by atoms with van der Waals surface area (Å²) in [5.74, 6) is 1.78. The third kappa shape index (κ3) is 2.71. The summed E-state index contributed by atoms with van der Waals surface area (Å²) in [5.41, 5.74) is 5.84. The minimum atomic E-state index is -0.343. The Morgan fingerprint density at radius 3 is 2.00 bits per heavy atom. The number of hydrogen-bond donors (Lipinski definition) is 2. The second-order valence-corrected chi connectivity index (χ2v) is 5.48. The van der Waals surface area contributed by atoms with E-state index in [1.807, 2.05) is 13.8 Å². The van der Waals surface area contributed by atoms with Crippen molar-refractivity contribution >= 4 is 5.91 Å². The van der Waals surface area contributed by atoms with E-state index >= 15 is 0 Å². The Labute approximate surface area is 91.8 Å². The number of amides is 1. The van der Waals surface area contributed by atoms with Crippen molar-refractivity contribution in [2.24, 2.45) is 23.5 Å². The van der Waals surface area contributed by atoms with Crippen molar-refractivity contribution in [1.29, 1.82) is 0 Å². The summed E-state index contributed by atoms with van der Waals surface area (Å²) < 4.78 is 0. The largest absolute Gasteiger partial charge is 0.351 e. The molecule has 0 radical (unpaired) electrons. The van der Waals surface area contributed by atoms with Gasteiger partial charge in [0, 0.05) is 6.04 Å². The number of hydrogen-bond acceptors (Lipinski definition) is 2. The van der Waals surface area contributed by atoms with E-state index in [1.54, 1.807) is 0 Å². The molecule has 1 atom stereocenters. The molecule has 0 aromatic rings. The lowest BCUT2D eigenvalue weighted by molar-refractivity contribution is -0.124. The van der Waals surface area contributed by atoms with Crippen LogP contribution in [0.25, 0.3) is 0 Å². The Morgan fingerprint density at radius 1 is 1.20 bits per heavy atom. The second kappa shape index (κ2) is 4.12. The molecular weight excluding hydrogens is 188 g/mol. The molecule has 0 aromatic heterocycles. The van der Waals surface area contributed by atoms with E-state index in [-0.39, 0.29) is 17.9 Å². The molecule has 2 aliphatic rings. The summed E-state index contributed by atoms with van der Waals surface area (Å²) in [4.78, 5) is 11.8. The van der Waals surface area contributed by atoms with Crippen molar-refractivity contribution in [2.45, 2.75) is 51.6 Å². The van der Waals surface area contributed by atoms with Crippen molar-refractivity contribution < 1.29 is 4.79 Å². The van der Waals surface area contributed by atoms with E-state index in [9.17, 15) is 4.79 Å². The molecule has 3 N–H and O–H groups in total. The normalized spacial score (nSPS) is 23.3. The number of nitrogens with one attached hydrogen (secondary N) is 1. The number of carbonyl (C=O) groups is 1. The van der Waals surface area contributed by atoms with Crippen LogP contribution < -0.4 is 11.1 Å². The first kappa shape index (κ1) is 10.9. The highest BCUT2D eigenvalue weighted by molar-refractivity contribution is 5.82. The van der Waals surface area contributed by atoms with Gasteiger partial charge in [0.15, 0.2) is 0 Å². The Hall–Kier alpha value is -0.570. The lowest BCUT2D eigenvalue weighted by Gasteiger charge is -2.22. The monoisotopic (exact) mass is 210 g/mol. The fourth-order valence-corrected chi connectivity index (χ4v) is 2.09. The van der Waals surface area contributed by atoms with E-state index < -0.39 is 0 Å². The van der Waals surface area contributed by atoms with Crippen LogP contribution in [0.4, 0.5) is 0 Å². The summed E-state index contributed by atoms with van der Waals surface area (Å²) in [7, 11) is 0. The first-order valence-electron chi connectivity index (χ1n) is 6.15. The van der Waals surface area contributed by atoms with Crippen LogP contribution in [-0.2, 0) is 4.79 Å². The van der Waals surface area contributed by atoms with E-state index in [2.05, 4.69) is 5.32 Å². The molecule has 1 unspecified atom stereocenters. The fraction of sp³-hybridized carbons (Fsp3) is 0.917. The van der Waals surface area contributed by atoms with Gasteiger partial charge in [-0.2, -0.15) is 0 Å². The summed E-state index contributed by atoms with van der Waals surface area (Å²) in [5, 5.41) is 3.16. The molecule has 2 saturated carbocycles. The number of nitrogens with two attached hydrogens (primary N) is 1. The molecule has 86 valence electrons. The van der Waals surface area contributed by atoms with Crippen molar-refractivity contribution in [3.8, 4) is 0 Å². The topological polar surface area (TPSA) is 55.1 Å². The molecule has 2 fully saturated rings. The molecular formula is C12H22N2O. The molecule has 15 heavy (non-hydrogen) atoms. The third-order valence-corrected chi connectivity index (χ3v) is 3.59. The third-order valence-electron chi connectivity index (χ3n) is 3.59. The molecule has 2 rings (SSSR count). The van der Waals surface area contributed by atoms with Crippen molar-refractivity contribution in [2.75, 3.05) is 0 Å². The number of carbonyl (C=O) groups excluding carboxylic acids is 1. The van der Waals surface area contributed by atoms with Crippen molar-refractivity contribution in [1.82, 2.24) is 5.32 Å². The molecule has 1 amide bonds. The summed E-state index contributed by atoms with van der Waals surface area (Å²) >= 11 is 0. The Kier molecular flexibility index (Phi) is 3.01. The fourth-order valence-electron chi connectivity index (χ4n) is 2.09. The molecule has 2 aliphatic carbocycles. The van der Waals surface area contributed by atoms with Gasteiger partial charge in [0.1, 0.15) is 0 Å². The van der Waals surface area contributed by atoms with E-state index in [0.29, 0.717) is 6.04 Å². The van der Waals surface area contributed by atoms with Crippen LogP contribution in [0.3, 0.4) is 0 Å². The molecule has 0 saturated heterocycles. The summed E-state index contributed by atoms with van der Waals surface area (Å²) in [6, 6.07) is 0.0901. The maximum atomic E-state index is 11.8. The zero-order chi connectivity index (χ0) is 11.0. The highest BCUT2D eigenvalue weighted by atomic mass is 16.2. The predicted octanol–water partition coefficient (Wildman–Crippen LogP) is 1.27. The van der Waals surface area contributed by atoms with Crippen LogP contribution >= 0.6 is 0 Å². The molecule has 0 heterocycles. The Bertz CT molecular complexity index is 232. The molecule has 3 heteroatoms. The first-order chi connectivity index (χ1) is 7.09. The minimum absolute atomic E-state index is 0.0498. The van der Waals surface area contributed by atoms with Gasteiger partial charge >= 0.3 is 0 Å². The zero-order valence-electron chi connectivity index (χ0n) is 9.70. The summed E-state index contributed by atoms with van der Waals surface area (Å²) in [6.07, 6.45) is 5.16. The van der Waals surface area contributed by atoms with Gasteiger partial charge in [0.2, 0.25) is 5.91 Å². The van der Waals surface area contributed by atoms with Gasteiger partial charge < -0.3 is 11.1 Å². The van der Waals surface area contributed by atoms with Gasteiger partial charge in [-0.3, -0.25) is 4.79 Å². The lowest BCUT2D eigenvalue weighted by Crippen LogP contribution is -2.49. The van der Waals surface area contributed by atoms with Crippen LogP contribution in [0.1, 0.15) is 39.5 Å². The van der Waals surface area contributed by atoms with Gasteiger partial charge in [-0.1, -0.05) is 13.8 Å². The highest BCUT2D eigenvalue weighted by Crippen LogP contribution is 2.44. The van der Waals surface area contributed by atoms with Crippen molar-refractivity contribution in [3.05, 3.63) is 0 Å². The molecule has 3 nitrogen and oxygen atoms in total. The maximum absolute atomic E-state index is 11.8. The van der Waals surface area contributed by atoms with Crippen LogP contribution in [0.15, 0.2) is 0 Å². The Morgan fingerprint density at radius 2 is 1.67 bits per heavy atom. The first-order valence-corrected chi connectivity index (χ1v) is 6.15. The molecule has 0 spiro atoms. The average Bonchev–Trinajstić information content (AvgIpc) is 3.03. The predicted molar refractivity (Wildman–Crippen MR) is 60.2 cm³/mol. The van der Waals surface area contributed by atoms with Crippen LogP contribution in [0.2, 0.25) is 0 Å². The van der Waals surface area contributed by atoms with Gasteiger partial charge in [-0.25, -0.2) is 0 Å². The van der Waals surface area contributed by atoms with Gasteiger partial charge in [-0.15, -0.1) is 0 Å². The zero-order valence-corrected chi connectivity index (χ0v) is 9.70. The average molecular weight is 210 g/mol. The van der Waals surface area contributed by atoms with E-state index in [1.165, 1.54) is 25.7 Å². The van der Waals surface area contributed by atoms with Crippen molar-refractivity contribution in [3.63, 3.8) is 0 Å². The van der Waals surface area contributed by atoms with E-state index in [4.69, 9.17) is 5.73 Å². The number of rotatable bonds is 5. The smallest absolute Gasteiger partial charge is 0.237 e. The van der Waals surface area contributed by atoms with E-state index in [0.717, 1.165) is 11.8 Å². The quantitative estimate of drug-likeness (QED) is 0.718. The van der Waals surface area contributed by atoms with Gasteiger partial charge in [-0.05, 0) is 43.4 Å². The SMILES string of the molecule is CC(C)C(N)C(=O)NC(C1CC1)C1CC1. The molecule has 0 bridgehead atoms. The Balaban J connectivity index is 1.85. The standard InChI is InChI=1S/C12H22N2O/c1-7(2)10(13)12(15)14-11(8-3-4-8)9-5-6-9/h7-11H,3-6,13H2,1-2H3,(H,14,15). The highest BCUT2D eigenvalue weighted by Gasteiger charge is 2.42. The lowest BCUT2D eigenvalue weighted by atomic mass is 10.0. The van der Waals surface area contributed by atoms with Gasteiger partial charge in [0.25, 0.3) is 0 Å². The van der Waals surface area contributed by atoms with Crippen LogP contribution in [0, 0.1) is 17.8 Å².